The Morgan fingerprint density at radius 1 is 1.29 bits per heavy atom. The van der Waals surface area contributed by atoms with Crippen molar-refractivity contribution in [3.8, 4) is 17.6 Å². The van der Waals surface area contributed by atoms with Crippen LogP contribution in [-0.2, 0) is 16.0 Å². The van der Waals surface area contributed by atoms with Crippen LogP contribution in [0.3, 0.4) is 0 Å². The fraction of sp³-hybridized carbons (Fsp3) is 0.619. The van der Waals surface area contributed by atoms with Gasteiger partial charge in [0.1, 0.15) is 5.25 Å². The first-order valence-corrected chi connectivity index (χ1v) is 10.5. The molecule has 154 valence electrons. The Hall–Kier alpha value is -1.91. The zero-order valence-corrected chi connectivity index (χ0v) is 18.2. The minimum Gasteiger partial charge on any atom is -0.493 e. The largest absolute Gasteiger partial charge is 0.493 e. The standard InChI is InChI=1S/C21H30N2O4S/c1-14(2)8-11-27-21(24)15(3)28-23-10-7-16-12-19(25-4)20(26-5)13-17(16)18(23)6-9-22/h12-15,18H,6-8,10-11H2,1-5H3. The summed E-state index contributed by atoms with van der Waals surface area (Å²) in [5, 5.41) is 9.04. The molecule has 2 atom stereocenters. The first kappa shape index (κ1) is 22.4. The number of esters is 1. The van der Waals surface area contributed by atoms with Crippen LogP contribution in [0.4, 0.5) is 0 Å². The Kier molecular flexibility index (Phi) is 8.46. The molecule has 2 unspecified atom stereocenters. The van der Waals surface area contributed by atoms with Gasteiger partial charge in [-0.1, -0.05) is 25.8 Å². The molecule has 0 fully saturated rings. The highest BCUT2D eigenvalue weighted by Crippen LogP contribution is 2.42. The average Bonchev–Trinajstić information content (AvgIpc) is 2.68. The first-order chi connectivity index (χ1) is 13.4. The zero-order valence-electron chi connectivity index (χ0n) is 17.4. The Morgan fingerprint density at radius 3 is 2.57 bits per heavy atom. The van der Waals surface area contributed by atoms with Crippen molar-refractivity contribution in [1.29, 1.82) is 5.26 Å². The molecule has 1 aromatic carbocycles. The number of nitriles is 1. The second kappa shape index (κ2) is 10.6. The summed E-state index contributed by atoms with van der Waals surface area (Å²) in [5.41, 5.74) is 2.21. The van der Waals surface area contributed by atoms with Crippen molar-refractivity contribution in [3.05, 3.63) is 23.3 Å². The molecule has 0 aliphatic carbocycles. The Bertz CT molecular complexity index is 717. The van der Waals surface area contributed by atoms with E-state index in [4.69, 9.17) is 14.2 Å². The third-order valence-corrected chi connectivity index (χ3v) is 6.02. The lowest BCUT2D eigenvalue weighted by molar-refractivity contribution is -0.143. The van der Waals surface area contributed by atoms with Crippen molar-refractivity contribution in [2.75, 3.05) is 27.4 Å². The number of hydrogen-bond donors (Lipinski definition) is 0. The van der Waals surface area contributed by atoms with Crippen molar-refractivity contribution in [1.82, 2.24) is 4.31 Å². The van der Waals surface area contributed by atoms with Gasteiger partial charge in [-0.05, 0) is 48.9 Å². The van der Waals surface area contributed by atoms with Crippen LogP contribution < -0.4 is 9.47 Å². The van der Waals surface area contributed by atoms with Gasteiger partial charge < -0.3 is 14.2 Å². The third kappa shape index (κ3) is 5.55. The highest BCUT2D eigenvalue weighted by atomic mass is 32.2. The predicted octanol–water partition coefficient (Wildman–Crippen LogP) is 4.14. The molecule has 1 aliphatic rings. The van der Waals surface area contributed by atoms with Crippen LogP contribution in [0.25, 0.3) is 0 Å². The lowest BCUT2D eigenvalue weighted by Gasteiger charge is -2.36. The lowest BCUT2D eigenvalue weighted by Crippen LogP contribution is -2.33. The molecule has 6 nitrogen and oxygen atoms in total. The van der Waals surface area contributed by atoms with Crippen molar-refractivity contribution in [2.45, 2.75) is 51.3 Å². The van der Waals surface area contributed by atoms with Gasteiger partial charge in [-0.2, -0.15) is 5.26 Å². The van der Waals surface area contributed by atoms with Gasteiger partial charge >= 0.3 is 5.97 Å². The van der Waals surface area contributed by atoms with Crippen LogP contribution in [0.15, 0.2) is 12.1 Å². The molecule has 0 radical (unpaired) electrons. The summed E-state index contributed by atoms with van der Waals surface area (Å²) in [6.07, 6.45) is 2.02. The molecule has 0 saturated heterocycles. The van der Waals surface area contributed by atoms with Gasteiger partial charge in [-0.3, -0.25) is 4.79 Å². The Balaban J connectivity index is 2.14. The SMILES string of the molecule is COc1cc2c(cc1OC)C(CC#N)N(SC(C)C(=O)OCCC(C)C)CC2. The summed E-state index contributed by atoms with van der Waals surface area (Å²) in [6, 6.07) is 6.12. The number of carbonyl (C=O) groups excluding carboxylic acids is 1. The maximum atomic E-state index is 12.3. The van der Waals surface area contributed by atoms with Gasteiger partial charge in [0.05, 0.1) is 39.4 Å². The van der Waals surface area contributed by atoms with Crippen molar-refractivity contribution >= 4 is 17.9 Å². The van der Waals surface area contributed by atoms with Crippen LogP contribution in [0.5, 0.6) is 11.5 Å². The van der Waals surface area contributed by atoms with E-state index in [0.29, 0.717) is 30.4 Å². The summed E-state index contributed by atoms with van der Waals surface area (Å²) >= 11 is 1.46. The van der Waals surface area contributed by atoms with Crippen molar-refractivity contribution in [3.63, 3.8) is 0 Å². The fourth-order valence-corrected chi connectivity index (χ4v) is 4.28. The molecule has 0 aromatic heterocycles. The molecule has 0 saturated carbocycles. The number of benzene rings is 1. The van der Waals surface area contributed by atoms with Crippen LogP contribution in [-0.4, -0.2) is 42.9 Å². The van der Waals surface area contributed by atoms with Crippen LogP contribution in [0, 0.1) is 17.2 Å². The molecule has 2 rings (SSSR count). The fourth-order valence-electron chi connectivity index (χ4n) is 3.19. The molecular formula is C21H30N2O4S. The normalized spacial score (nSPS) is 17.5. The number of hydrogen-bond acceptors (Lipinski definition) is 7. The molecular weight excluding hydrogens is 376 g/mol. The van der Waals surface area contributed by atoms with E-state index in [1.807, 2.05) is 19.1 Å². The summed E-state index contributed by atoms with van der Waals surface area (Å²) in [7, 11) is 3.22. The summed E-state index contributed by atoms with van der Waals surface area (Å²) in [6.45, 7) is 7.27. The van der Waals surface area contributed by atoms with E-state index in [9.17, 15) is 10.1 Å². The summed E-state index contributed by atoms with van der Waals surface area (Å²) in [5.74, 6) is 1.64. The molecule has 1 aromatic rings. The van der Waals surface area contributed by atoms with Gasteiger partial charge in [0.25, 0.3) is 0 Å². The third-order valence-electron chi connectivity index (χ3n) is 4.80. The molecule has 7 heteroatoms. The molecule has 0 N–H and O–H groups in total. The minimum atomic E-state index is -0.324. The number of fused-ring (bicyclic) bond motifs is 1. The van der Waals surface area contributed by atoms with Gasteiger partial charge in [-0.25, -0.2) is 4.31 Å². The van der Waals surface area contributed by atoms with E-state index >= 15 is 0 Å². The molecule has 0 bridgehead atoms. The quantitative estimate of drug-likeness (QED) is 0.451. The van der Waals surface area contributed by atoms with E-state index in [0.717, 1.165) is 30.5 Å². The highest BCUT2D eigenvalue weighted by Gasteiger charge is 2.32. The van der Waals surface area contributed by atoms with Gasteiger partial charge in [-0.15, -0.1) is 0 Å². The maximum Gasteiger partial charge on any atom is 0.320 e. The molecule has 0 amide bonds. The van der Waals surface area contributed by atoms with Gasteiger partial charge in [0.2, 0.25) is 0 Å². The van der Waals surface area contributed by atoms with E-state index in [1.165, 1.54) is 11.9 Å². The number of nitrogens with zero attached hydrogens (tertiary/aromatic N) is 2. The molecule has 1 heterocycles. The monoisotopic (exact) mass is 406 g/mol. The first-order valence-electron chi connectivity index (χ1n) is 9.63. The van der Waals surface area contributed by atoms with E-state index in [1.54, 1.807) is 14.2 Å². The van der Waals surface area contributed by atoms with Crippen LogP contribution in [0.2, 0.25) is 0 Å². The van der Waals surface area contributed by atoms with Crippen LogP contribution in [0.1, 0.15) is 50.8 Å². The van der Waals surface area contributed by atoms with Crippen molar-refractivity contribution < 1.29 is 19.0 Å². The van der Waals surface area contributed by atoms with E-state index < -0.39 is 0 Å². The second-order valence-corrected chi connectivity index (χ2v) is 8.66. The molecule has 0 spiro atoms. The lowest BCUT2D eigenvalue weighted by atomic mass is 9.92. The Morgan fingerprint density at radius 2 is 1.96 bits per heavy atom. The average molecular weight is 407 g/mol. The summed E-state index contributed by atoms with van der Waals surface area (Å²) in [4.78, 5) is 12.3. The smallest absolute Gasteiger partial charge is 0.320 e. The zero-order chi connectivity index (χ0) is 20.7. The number of methoxy groups -OCH3 is 2. The molecule has 1 aliphatic heterocycles. The number of ether oxygens (including phenoxy) is 3. The second-order valence-electron chi connectivity index (χ2n) is 7.27. The Labute approximate surface area is 172 Å². The van der Waals surface area contributed by atoms with Gasteiger partial charge in [0.15, 0.2) is 11.5 Å². The maximum absolute atomic E-state index is 12.3. The molecule has 28 heavy (non-hydrogen) atoms. The van der Waals surface area contributed by atoms with Gasteiger partial charge in [0, 0.05) is 6.54 Å². The van der Waals surface area contributed by atoms with E-state index in [2.05, 4.69) is 24.2 Å². The number of rotatable bonds is 9. The highest BCUT2D eigenvalue weighted by molar-refractivity contribution is 7.98. The number of carbonyl (C=O) groups is 1. The van der Waals surface area contributed by atoms with Crippen molar-refractivity contribution in [2.24, 2.45) is 5.92 Å². The minimum absolute atomic E-state index is 0.107. The van der Waals surface area contributed by atoms with Crippen LogP contribution >= 0.6 is 11.9 Å². The topological polar surface area (TPSA) is 71.8 Å². The van der Waals surface area contributed by atoms with E-state index in [-0.39, 0.29) is 17.3 Å². The predicted molar refractivity (Wildman–Crippen MR) is 110 cm³/mol. The summed E-state index contributed by atoms with van der Waals surface area (Å²) < 4.78 is 18.4.